The summed E-state index contributed by atoms with van der Waals surface area (Å²) in [5, 5.41) is 0. The number of esters is 1. The fourth-order valence-electron chi connectivity index (χ4n) is 5.62. The van der Waals surface area contributed by atoms with Gasteiger partial charge in [0.1, 0.15) is 5.60 Å². The molecule has 2 unspecified atom stereocenters. The third kappa shape index (κ3) is 2.65. The van der Waals surface area contributed by atoms with E-state index in [0.29, 0.717) is 5.57 Å². The van der Waals surface area contributed by atoms with Crippen LogP contribution in [0.2, 0.25) is 0 Å². The molecule has 3 nitrogen and oxygen atoms in total. The Labute approximate surface area is 199 Å². The van der Waals surface area contributed by atoms with Crippen molar-refractivity contribution in [1.82, 2.24) is 0 Å². The van der Waals surface area contributed by atoms with Crippen molar-refractivity contribution < 1.29 is 14.3 Å². The summed E-state index contributed by atoms with van der Waals surface area (Å²) in [6.07, 6.45) is 0. The zero-order chi connectivity index (χ0) is 23.2. The molecule has 2 aliphatic rings. The topological polar surface area (TPSA) is 35.5 Å². The van der Waals surface area contributed by atoms with Gasteiger partial charge in [-0.1, -0.05) is 115 Å². The Balaban J connectivity index is 1.80. The van der Waals surface area contributed by atoms with E-state index >= 15 is 0 Å². The Morgan fingerprint density at radius 1 is 0.676 bits per heavy atom. The molecule has 4 aromatic rings. The van der Waals surface area contributed by atoms with Crippen molar-refractivity contribution in [3.05, 3.63) is 149 Å². The molecule has 34 heavy (non-hydrogen) atoms. The molecule has 4 aromatic carbocycles. The van der Waals surface area contributed by atoms with Crippen LogP contribution < -0.4 is 0 Å². The van der Waals surface area contributed by atoms with Crippen LogP contribution in [0.1, 0.15) is 34.7 Å². The van der Waals surface area contributed by atoms with Gasteiger partial charge in [0, 0.05) is 5.57 Å². The molecule has 0 N–H and O–H groups in total. The minimum atomic E-state index is -1.08. The van der Waals surface area contributed by atoms with Gasteiger partial charge in [0.2, 0.25) is 0 Å². The summed E-state index contributed by atoms with van der Waals surface area (Å²) in [7, 11) is 0. The van der Waals surface area contributed by atoms with Crippen LogP contribution in [0.5, 0.6) is 0 Å². The molecule has 0 saturated carbocycles. The second-order valence-electron chi connectivity index (χ2n) is 8.58. The number of ether oxygens (including phenoxy) is 2. The van der Waals surface area contributed by atoms with Crippen molar-refractivity contribution in [2.75, 3.05) is 6.61 Å². The summed E-state index contributed by atoms with van der Waals surface area (Å²) in [5.74, 6) is -0.350. The van der Waals surface area contributed by atoms with Gasteiger partial charge in [-0.2, -0.15) is 0 Å². The maximum Gasteiger partial charge on any atom is 0.338 e. The minimum Gasteiger partial charge on any atom is -0.463 e. The maximum absolute atomic E-state index is 13.8. The van der Waals surface area contributed by atoms with Crippen molar-refractivity contribution in [2.45, 2.75) is 18.1 Å². The van der Waals surface area contributed by atoms with E-state index in [9.17, 15) is 4.79 Å². The Hall–Kier alpha value is -3.95. The molecule has 2 atom stereocenters. The van der Waals surface area contributed by atoms with Crippen LogP contribution >= 0.6 is 0 Å². The first-order valence-electron chi connectivity index (χ1n) is 11.6. The number of carbonyl (C=O) groups is 1. The lowest BCUT2D eigenvalue weighted by Crippen LogP contribution is -2.33. The summed E-state index contributed by atoms with van der Waals surface area (Å²) in [6, 6.07) is 38.5. The fourth-order valence-corrected chi connectivity index (χ4v) is 5.62. The molecule has 0 saturated heterocycles. The van der Waals surface area contributed by atoms with Crippen LogP contribution in [0, 0.1) is 0 Å². The minimum absolute atomic E-state index is 0.287. The molecule has 0 aliphatic carbocycles. The standard InChI is InChI=1S/C31H24O3/c1-2-33-29(32)28-27(22-14-6-3-7-15-22)30(23-16-8-4-9-17-23)25-20-12-13-21-26(25)31(28,34-30)24-18-10-5-11-19-24/h3-21H,2H2,1H3. The zero-order valence-electron chi connectivity index (χ0n) is 18.9. The van der Waals surface area contributed by atoms with Crippen LogP contribution in [0.3, 0.4) is 0 Å². The third-order valence-corrected chi connectivity index (χ3v) is 6.85. The van der Waals surface area contributed by atoms with E-state index in [0.717, 1.165) is 33.4 Å². The molecule has 0 radical (unpaired) electrons. The van der Waals surface area contributed by atoms with Gasteiger partial charge in [-0.25, -0.2) is 4.79 Å². The van der Waals surface area contributed by atoms with Crippen molar-refractivity contribution >= 4 is 11.5 Å². The van der Waals surface area contributed by atoms with Gasteiger partial charge >= 0.3 is 5.97 Å². The largest absolute Gasteiger partial charge is 0.463 e. The number of benzene rings is 4. The SMILES string of the molecule is CCOC(=O)C1=C(c2ccccc2)C2(c3ccccc3)OC1(c1ccccc1)c1ccccc12. The highest BCUT2D eigenvalue weighted by Gasteiger charge is 2.67. The van der Waals surface area contributed by atoms with E-state index in [1.807, 2.05) is 97.9 Å². The number of hydrogen-bond donors (Lipinski definition) is 0. The molecule has 0 fully saturated rings. The highest BCUT2D eigenvalue weighted by atomic mass is 16.6. The molecule has 3 heteroatoms. The smallest absolute Gasteiger partial charge is 0.338 e. The molecule has 6 rings (SSSR count). The predicted octanol–water partition coefficient (Wildman–Crippen LogP) is 6.23. The Morgan fingerprint density at radius 2 is 1.15 bits per heavy atom. The van der Waals surface area contributed by atoms with Crippen LogP contribution in [0.4, 0.5) is 0 Å². The van der Waals surface area contributed by atoms with Gasteiger partial charge in [-0.15, -0.1) is 0 Å². The highest BCUT2D eigenvalue weighted by Crippen LogP contribution is 2.68. The molecule has 0 amide bonds. The summed E-state index contributed by atoms with van der Waals surface area (Å²) in [5.41, 5.74) is 4.25. The monoisotopic (exact) mass is 444 g/mol. The highest BCUT2D eigenvalue weighted by molar-refractivity contribution is 6.07. The summed E-state index contributed by atoms with van der Waals surface area (Å²) in [4.78, 5) is 13.8. The Morgan fingerprint density at radius 3 is 1.71 bits per heavy atom. The zero-order valence-corrected chi connectivity index (χ0v) is 18.9. The van der Waals surface area contributed by atoms with Crippen LogP contribution in [-0.2, 0) is 25.5 Å². The second-order valence-corrected chi connectivity index (χ2v) is 8.58. The lowest BCUT2D eigenvalue weighted by atomic mass is 9.66. The number of fused-ring (bicyclic) bond motifs is 5. The molecule has 0 spiro atoms. The van der Waals surface area contributed by atoms with Gasteiger partial charge in [0.05, 0.1) is 12.2 Å². The summed E-state index contributed by atoms with van der Waals surface area (Å²) >= 11 is 0. The van der Waals surface area contributed by atoms with Gasteiger partial charge in [0.25, 0.3) is 0 Å². The predicted molar refractivity (Wildman–Crippen MR) is 132 cm³/mol. The van der Waals surface area contributed by atoms with Crippen molar-refractivity contribution in [1.29, 1.82) is 0 Å². The fraction of sp³-hybridized carbons (Fsp3) is 0.129. The van der Waals surface area contributed by atoms with Crippen molar-refractivity contribution in [2.24, 2.45) is 0 Å². The molecule has 166 valence electrons. The Kier molecular flexibility index (Phi) is 4.75. The van der Waals surface area contributed by atoms with E-state index in [1.165, 1.54) is 0 Å². The first-order chi connectivity index (χ1) is 16.7. The van der Waals surface area contributed by atoms with E-state index in [4.69, 9.17) is 9.47 Å². The number of hydrogen-bond acceptors (Lipinski definition) is 3. The summed E-state index contributed by atoms with van der Waals surface area (Å²) in [6.45, 7) is 2.13. The van der Waals surface area contributed by atoms with Gasteiger partial charge < -0.3 is 9.47 Å². The molecular formula is C31H24O3. The number of carbonyl (C=O) groups excluding carboxylic acids is 1. The molecule has 2 aliphatic heterocycles. The molecule has 2 heterocycles. The van der Waals surface area contributed by atoms with E-state index in [-0.39, 0.29) is 12.6 Å². The summed E-state index contributed by atoms with van der Waals surface area (Å²) < 4.78 is 13.0. The average molecular weight is 445 g/mol. The van der Waals surface area contributed by atoms with Crippen molar-refractivity contribution in [3.63, 3.8) is 0 Å². The van der Waals surface area contributed by atoms with Gasteiger partial charge in [-0.05, 0) is 34.7 Å². The lowest BCUT2D eigenvalue weighted by molar-refractivity contribution is -0.141. The second kappa shape index (κ2) is 7.82. The van der Waals surface area contributed by atoms with E-state index in [2.05, 4.69) is 24.3 Å². The first-order valence-corrected chi connectivity index (χ1v) is 11.6. The Bertz CT molecular complexity index is 1390. The van der Waals surface area contributed by atoms with Gasteiger partial charge in [-0.3, -0.25) is 0 Å². The van der Waals surface area contributed by atoms with Crippen molar-refractivity contribution in [3.8, 4) is 0 Å². The van der Waals surface area contributed by atoms with E-state index < -0.39 is 11.2 Å². The lowest BCUT2D eigenvalue weighted by Gasteiger charge is -2.32. The van der Waals surface area contributed by atoms with Crippen LogP contribution in [-0.4, -0.2) is 12.6 Å². The van der Waals surface area contributed by atoms with E-state index in [1.54, 1.807) is 0 Å². The maximum atomic E-state index is 13.8. The third-order valence-electron chi connectivity index (χ3n) is 6.85. The average Bonchev–Trinajstić information content (AvgIpc) is 3.40. The molecule has 2 bridgehead atoms. The normalized spacial score (nSPS) is 22.5. The van der Waals surface area contributed by atoms with Crippen LogP contribution in [0.15, 0.2) is 121 Å². The number of rotatable bonds is 5. The van der Waals surface area contributed by atoms with Gasteiger partial charge in [0.15, 0.2) is 5.60 Å². The first kappa shape index (κ1) is 20.6. The molecular weight excluding hydrogens is 420 g/mol. The quantitative estimate of drug-likeness (QED) is 0.342. The molecule has 0 aromatic heterocycles. The van der Waals surface area contributed by atoms with Crippen LogP contribution in [0.25, 0.3) is 5.57 Å².